The highest BCUT2D eigenvalue weighted by Gasteiger charge is 2.32. The minimum absolute atomic E-state index is 0.0559. The molecule has 2 aliphatic rings. The van der Waals surface area contributed by atoms with E-state index in [2.05, 4.69) is 33.1 Å². The Kier molecular flexibility index (Phi) is 6.30. The maximum atomic E-state index is 13.0. The van der Waals surface area contributed by atoms with Gasteiger partial charge in [0.25, 0.3) is 5.56 Å². The van der Waals surface area contributed by atoms with E-state index < -0.39 is 0 Å². The van der Waals surface area contributed by atoms with Gasteiger partial charge < -0.3 is 9.88 Å². The Bertz CT molecular complexity index is 1160. The number of pyridine rings is 1. The summed E-state index contributed by atoms with van der Waals surface area (Å²) < 4.78 is 0. The fraction of sp³-hybridized carbons (Fsp3) is 0.385. The average molecular weight is 444 g/mol. The Morgan fingerprint density at radius 2 is 1.94 bits per heavy atom. The van der Waals surface area contributed by atoms with Crippen molar-refractivity contribution in [3.63, 3.8) is 0 Å². The molecule has 7 heteroatoms. The van der Waals surface area contributed by atoms with Crippen LogP contribution in [0.2, 0.25) is 0 Å². The van der Waals surface area contributed by atoms with Crippen LogP contribution in [0, 0.1) is 0 Å². The molecule has 0 bridgehead atoms. The molecule has 0 radical (unpaired) electrons. The van der Waals surface area contributed by atoms with Gasteiger partial charge in [-0.1, -0.05) is 36.4 Å². The summed E-state index contributed by atoms with van der Waals surface area (Å²) in [6.07, 6.45) is 7.28. The predicted molar refractivity (Wildman–Crippen MR) is 125 cm³/mol. The minimum Gasteiger partial charge on any atom is -0.333 e. The second-order valence-electron chi connectivity index (χ2n) is 8.93. The first kappa shape index (κ1) is 21.5. The SMILES string of the molecule is O=C(CCc1ccccc1)N1CCC[C@@H]1c1nc2c(c(=O)[nH]1)CCN(Cc1cccnc1)C2. The molecule has 1 atom stereocenters. The van der Waals surface area contributed by atoms with Gasteiger partial charge in [0.05, 0.1) is 11.7 Å². The topological polar surface area (TPSA) is 82.2 Å². The van der Waals surface area contributed by atoms with Crippen LogP contribution in [-0.4, -0.2) is 43.7 Å². The third kappa shape index (κ3) is 4.88. The summed E-state index contributed by atoms with van der Waals surface area (Å²) in [5.74, 6) is 0.757. The van der Waals surface area contributed by atoms with E-state index in [1.165, 1.54) is 0 Å². The number of benzene rings is 1. The molecule has 3 aromatic rings. The van der Waals surface area contributed by atoms with E-state index in [0.29, 0.717) is 31.8 Å². The summed E-state index contributed by atoms with van der Waals surface area (Å²) in [5.41, 5.74) is 3.88. The molecule has 0 aliphatic carbocycles. The number of aromatic amines is 1. The molecule has 1 fully saturated rings. The number of nitrogens with zero attached hydrogens (tertiary/aromatic N) is 4. The molecule has 5 rings (SSSR count). The second-order valence-corrected chi connectivity index (χ2v) is 8.93. The Morgan fingerprint density at radius 1 is 1.09 bits per heavy atom. The first-order chi connectivity index (χ1) is 16.2. The number of nitrogens with one attached hydrogen (secondary N) is 1. The van der Waals surface area contributed by atoms with Crippen molar-refractivity contribution in [2.45, 2.75) is 51.2 Å². The van der Waals surface area contributed by atoms with Crippen molar-refractivity contribution in [1.29, 1.82) is 0 Å². The largest absolute Gasteiger partial charge is 0.333 e. The van der Waals surface area contributed by atoms with Crippen molar-refractivity contribution >= 4 is 5.91 Å². The van der Waals surface area contributed by atoms with Gasteiger partial charge in [0.2, 0.25) is 5.91 Å². The molecule has 1 amide bonds. The lowest BCUT2D eigenvalue weighted by molar-refractivity contribution is -0.132. The van der Waals surface area contributed by atoms with Gasteiger partial charge in [0.15, 0.2) is 0 Å². The highest BCUT2D eigenvalue weighted by molar-refractivity contribution is 5.77. The monoisotopic (exact) mass is 443 g/mol. The van der Waals surface area contributed by atoms with E-state index in [4.69, 9.17) is 4.98 Å². The third-order valence-corrected chi connectivity index (χ3v) is 6.66. The van der Waals surface area contributed by atoms with E-state index in [-0.39, 0.29) is 17.5 Å². The number of rotatable bonds is 6. The smallest absolute Gasteiger partial charge is 0.254 e. The summed E-state index contributed by atoms with van der Waals surface area (Å²) in [6.45, 7) is 2.95. The molecular weight excluding hydrogens is 414 g/mol. The van der Waals surface area contributed by atoms with E-state index in [0.717, 1.165) is 54.7 Å². The number of carbonyl (C=O) groups is 1. The van der Waals surface area contributed by atoms with Crippen LogP contribution in [0.1, 0.15) is 53.5 Å². The van der Waals surface area contributed by atoms with Gasteiger partial charge in [-0.3, -0.25) is 19.5 Å². The summed E-state index contributed by atoms with van der Waals surface area (Å²) in [7, 11) is 0. The first-order valence-electron chi connectivity index (χ1n) is 11.7. The Labute approximate surface area is 193 Å². The molecule has 1 aromatic carbocycles. The zero-order chi connectivity index (χ0) is 22.6. The summed E-state index contributed by atoms with van der Waals surface area (Å²) in [5, 5.41) is 0. The molecule has 1 saturated heterocycles. The van der Waals surface area contributed by atoms with Crippen molar-refractivity contribution in [1.82, 2.24) is 24.8 Å². The molecule has 33 heavy (non-hydrogen) atoms. The Morgan fingerprint density at radius 3 is 2.76 bits per heavy atom. The maximum absolute atomic E-state index is 13.0. The quantitative estimate of drug-likeness (QED) is 0.633. The van der Waals surface area contributed by atoms with Crippen LogP contribution < -0.4 is 5.56 Å². The zero-order valence-electron chi connectivity index (χ0n) is 18.7. The van der Waals surface area contributed by atoms with Crippen molar-refractivity contribution in [2.75, 3.05) is 13.1 Å². The Hall–Kier alpha value is -3.32. The maximum Gasteiger partial charge on any atom is 0.254 e. The van der Waals surface area contributed by atoms with Crippen LogP contribution in [0.15, 0.2) is 59.7 Å². The third-order valence-electron chi connectivity index (χ3n) is 6.66. The number of likely N-dealkylation sites (tertiary alicyclic amines) is 1. The van der Waals surface area contributed by atoms with Crippen LogP contribution >= 0.6 is 0 Å². The molecule has 4 heterocycles. The molecule has 1 N–H and O–H groups in total. The second kappa shape index (κ2) is 9.67. The van der Waals surface area contributed by atoms with E-state index in [1.54, 1.807) is 6.20 Å². The van der Waals surface area contributed by atoms with Crippen LogP contribution in [0.3, 0.4) is 0 Å². The van der Waals surface area contributed by atoms with Crippen LogP contribution in [-0.2, 0) is 30.7 Å². The van der Waals surface area contributed by atoms with Crippen LogP contribution in [0.5, 0.6) is 0 Å². The molecule has 0 unspecified atom stereocenters. The number of amides is 1. The number of fused-ring (bicyclic) bond motifs is 1. The zero-order valence-corrected chi connectivity index (χ0v) is 18.7. The van der Waals surface area contributed by atoms with Gasteiger partial charge in [-0.05, 0) is 42.9 Å². The van der Waals surface area contributed by atoms with Gasteiger partial charge >= 0.3 is 0 Å². The van der Waals surface area contributed by atoms with E-state index in [1.807, 2.05) is 35.4 Å². The van der Waals surface area contributed by atoms with Gasteiger partial charge in [-0.15, -0.1) is 0 Å². The molecule has 7 nitrogen and oxygen atoms in total. The van der Waals surface area contributed by atoms with Gasteiger partial charge in [-0.25, -0.2) is 4.98 Å². The first-order valence-corrected chi connectivity index (χ1v) is 11.7. The normalized spacial score (nSPS) is 18.3. The van der Waals surface area contributed by atoms with Gasteiger partial charge in [0.1, 0.15) is 5.82 Å². The number of hydrogen-bond donors (Lipinski definition) is 1. The van der Waals surface area contributed by atoms with Crippen molar-refractivity contribution < 1.29 is 4.79 Å². The summed E-state index contributed by atoms with van der Waals surface area (Å²) in [6, 6.07) is 13.9. The standard InChI is InChI=1S/C26H29N5O2/c32-24(11-10-19-6-2-1-3-7-19)31-14-5-9-23(31)25-28-22-18-30(15-12-21(22)26(33)29-25)17-20-8-4-13-27-16-20/h1-4,6-8,13,16,23H,5,9-12,14-15,17-18H2,(H,28,29,33)/t23-/m1/s1. The summed E-state index contributed by atoms with van der Waals surface area (Å²) >= 11 is 0. The van der Waals surface area contributed by atoms with Crippen LogP contribution in [0.4, 0.5) is 0 Å². The highest BCUT2D eigenvalue weighted by atomic mass is 16.2. The van der Waals surface area contributed by atoms with Crippen molar-refractivity contribution in [3.8, 4) is 0 Å². The number of aryl methyl sites for hydroxylation is 1. The van der Waals surface area contributed by atoms with Gasteiger partial charge in [-0.2, -0.15) is 0 Å². The number of H-pyrrole nitrogens is 1. The fourth-order valence-corrected chi connectivity index (χ4v) is 4.94. The van der Waals surface area contributed by atoms with Crippen molar-refractivity contribution in [3.05, 3.63) is 93.4 Å². The number of aromatic nitrogens is 3. The average Bonchev–Trinajstić information content (AvgIpc) is 3.34. The molecule has 170 valence electrons. The minimum atomic E-state index is -0.153. The highest BCUT2D eigenvalue weighted by Crippen LogP contribution is 2.31. The predicted octanol–water partition coefficient (Wildman–Crippen LogP) is 3.02. The molecule has 0 spiro atoms. The van der Waals surface area contributed by atoms with E-state index in [9.17, 15) is 9.59 Å². The molecule has 2 aliphatic heterocycles. The van der Waals surface area contributed by atoms with Crippen molar-refractivity contribution in [2.24, 2.45) is 0 Å². The molecule has 2 aromatic heterocycles. The molecular formula is C26H29N5O2. The number of carbonyl (C=O) groups excluding carboxylic acids is 1. The summed E-state index contributed by atoms with van der Waals surface area (Å²) in [4.78, 5) is 42.2. The lowest BCUT2D eigenvalue weighted by atomic mass is 10.0. The van der Waals surface area contributed by atoms with Gasteiger partial charge in [0, 0.05) is 50.6 Å². The molecule has 0 saturated carbocycles. The Balaban J connectivity index is 1.31. The van der Waals surface area contributed by atoms with E-state index >= 15 is 0 Å². The number of hydrogen-bond acceptors (Lipinski definition) is 5. The lowest BCUT2D eigenvalue weighted by Gasteiger charge is -2.29. The fourth-order valence-electron chi connectivity index (χ4n) is 4.94. The lowest BCUT2D eigenvalue weighted by Crippen LogP contribution is -2.37. The van der Waals surface area contributed by atoms with Crippen LogP contribution in [0.25, 0.3) is 0 Å².